The van der Waals surface area contributed by atoms with E-state index in [2.05, 4.69) is 39.2 Å². The number of fused-ring (bicyclic) bond motifs is 1. The van der Waals surface area contributed by atoms with E-state index in [4.69, 9.17) is 21.1 Å². The Morgan fingerprint density at radius 1 is 1.00 bits per heavy atom. The first-order chi connectivity index (χ1) is 17.0. The van der Waals surface area contributed by atoms with Gasteiger partial charge in [-0.05, 0) is 55.6 Å². The lowest BCUT2D eigenvalue weighted by atomic mass is 10.1. The number of anilines is 2. The van der Waals surface area contributed by atoms with E-state index in [-0.39, 0.29) is 5.56 Å². The summed E-state index contributed by atoms with van der Waals surface area (Å²) in [6, 6.07) is 13.6. The Bertz CT molecular complexity index is 1320. The maximum absolute atomic E-state index is 14.6. The van der Waals surface area contributed by atoms with Crippen molar-refractivity contribution in [2.45, 2.75) is 13.8 Å². The molecule has 4 aromatic rings. The number of pyridine rings is 1. The first-order valence-electron chi connectivity index (χ1n) is 11.4. The zero-order valence-electron chi connectivity index (χ0n) is 19.9. The maximum atomic E-state index is 14.6. The third kappa shape index (κ3) is 5.78. The molecule has 0 saturated carbocycles. The lowest BCUT2D eigenvalue weighted by Gasteiger charge is -2.19. The van der Waals surface area contributed by atoms with E-state index in [0.717, 1.165) is 36.2 Å². The molecule has 1 N–H and O–H groups in total. The van der Waals surface area contributed by atoms with Gasteiger partial charge in [-0.15, -0.1) is 10.2 Å². The lowest BCUT2D eigenvalue weighted by Crippen LogP contribution is -2.28. The number of benzene rings is 2. The van der Waals surface area contributed by atoms with E-state index in [1.165, 1.54) is 18.2 Å². The van der Waals surface area contributed by atoms with Gasteiger partial charge < -0.3 is 19.7 Å². The summed E-state index contributed by atoms with van der Waals surface area (Å²) < 4.78 is 25.9. The van der Waals surface area contributed by atoms with Gasteiger partial charge in [-0.3, -0.25) is 4.98 Å². The smallest absolute Gasteiger partial charge is 0.257 e. The quantitative estimate of drug-likeness (QED) is 0.291. The fourth-order valence-corrected chi connectivity index (χ4v) is 3.89. The fourth-order valence-electron chi connectivity index (χ4n) is 3.72. The number of nitrogens with zero attached hydrogens (tertiary/aromatic N) is 4. The molecule has 0 unspecified atom stereocenters. The molecule has 2 aromatic carbocycles. The van der Waals surface area contributed by atoms with Crippen LogP contribution in [0.2, 0.25) is 5.02 Å². The van der Waals surface area contributed by atoms with Crippen LogP contribution in [0.1, 0.15) is 13.8 Å². The summed E-state index contributed by atoms with van der Waals surface area (Å²) in [7, 11) is 1.62. The van der Waals surface area contributed by atoms with Crippen molar-refractivity contribution < 1.29 is 13.9 Å². The van der Waals surface area contributed by atoms with Gasteiger partial charge in [-0.2, -0.15) is 0 Å². The van der Waals surface area contributed by atoms with Crippen LogP contribution in [0.3, 0.4) is 0 Å². The minimum atomic E-state index is -0.439. The molecule has 0 aliphatic carbocycles. The van der Waals surface area contributed by atoms with Gasteiger partial charge >= 0.3 is 0 Å². The highest BCUT2D eigenvalue weighted by Gasteiger charge is 2.15. The van der Waals surface area contributed by atoms with E-state index in [9.17, 15) is 4.39 Å². The van der Waals surface area contributed by atoms with Crippen LogP contribution in [-0.2, 0) is 0 Å². The Morgan fingerprint density at radius 3 is 2.60 bits per heavy atom. The number of rotatable bonds is 10. The Hall–Kier alpha value is -3.49. The SMILES string of the molecule is CCN(CC)CCOc1nnc(-c2cc(Cl)ccc2F)cc1Nc1ccnc2cc(OC)ccc12. The molecular weight excluding hydrogens is 469 g/mol. The fraction of sp³-hybridized carbons (Fsp3) is 0.269. The van der Waals surface area contributed by atoms with Crippen LogP contribution in [0, 0.1) is 5.82 Å². The van der Waals surface area contributed by atoms with Gasteiger partial charge in [0.25, 0.3) is 5.88 Å². The van der Waals surface area contributed by atoms with Crippen LogP contribution in [0.15, 0.2) is 54.7 Å². The minimum absolute atomic E-state index is 0.257. The summed E-state index contributed by atoms with van der Waals surface area (Å²) in [5.74, 6) is 0.597. The number of nitrogens with one attached hydrogen (secondary N) is 1. The second kappa shape index (κ2) is 11.3. The van der Waals surface area contributed by atoms with E-state index in [1.54, 1.807) is 19.4 Å². The number of likely N-dealkylation sites (N-methyl/N-ethyl adjacent to an activating group) is 1. The third-order valence-electron chi connectivity index (χ3n) is 5.72. The van der Waals surface area contributed by atoms with E-state index in [0.29, 0.717) is 34.6 Å². The molecule has 2 aromatic heterocycles. The minimum Gasteiger partial charge on any atom is -0.497 e. The zero-order valence-corrected chi connectivity index (χ0v) is 20.6. The first-order valence-corrected chi connectivity index (χ1v) is 11.8. The van der Waals surface area contributed by atoms with Gasteiger partial charge in [0, 0.05) is 40.5 Å². The molecule has 0 spiro atoms. The average Bonchev–Trinajstić information content (AvgIpc) is 2.88. The normalized spacial score (nSPS) is 11.1. The number of aromatic nitrogens is 3. The lowest BCUT2D eigenvalue weighted by molar-refractivity contribution is 0.217. The van der Waals surface area contributed by atoms with E-state index < -0.39 is 5.82 Å². The molecule has 0 saturated heterocycles. The number of hydrogen-bond donors (Lipinski definition) is 1. The predicted octanol–water partition coefficient (Wildman–Crippen LogP) is 5.96. The summed E-state index contributed by atoms with van der Waals surface area (Å²) in [6.07, 6.45) is 1.71. The number of ether oxygens (including phenoxy) is 2. The highest BCUT2D eigenvalue weighted by Crippen LogP contribution is 2.34. The maximum Gasteiger partial charge on any atom is 0.257 e. The molecule has 2 heterocycles. The molecule has 0 atom stereocenters. The second-order valence-corrected chi connectivity index (χ2v) is 8.25. The molecule has 0 amide bonds. The summed E-state index contributed by atoms with van der Waals surface area (Å²) in [6.45, 7) is 7.25. The number of methoxy groups -OCH3 is 1. The van der Waals surface area contributed by atoms with Crippen molar-refractivity contribution in [2.75, 3.05) is 38.7 Å². The van der Waals surface area contributed by atoms with Gasteiger partial charge in [0.1, 0.15) is 23.9 Å². The Balaban J connectivity index is 1.72. The van der Waals surface area contributed by atoms with Crippen molar-refractivity contribution in [1.82, 2.24) is 20.1 Å². The third-order valence-corrected chi connectivity index (χ3v) is 5.96. The largest absolute Gasteiger partial charge is 0.497 e. The van der Waals surface area contributed by atoms with Gasteiger partial charge in [-0.1, -0.05) is 25.4 Å². The molecule has 0 aliphatic rings. The van der Waals surface area contributed by atoms with Gasteiger partial charge in [0.2, 0.25) is 0 Å². The summed E-state index contributed by atoms with van der Waals surface area (Å²) in [5.41, 5.74) is 2.70. The molecule has 0 bridgehead atoms. The van der Waals surface area contributed by atoms with Crippen molar-refractivity contribution in [3.05, 3.63) is 65.6 Å². The molecule has 182 valence electrons. The van der Waals surface area contributed by atoms with E-state index >= 15 is 0 Å². The van der Waals surface area contributed by atoms with Crippen LogP contribution < -0.4 is 14.8 Å². The number of halogens is 2. The van der Waals surface area contributed by atoms with Crippen LogP contribution in [-0.4, -0.2) is 53.4 Å². The van der Waals surface area contributed by atoms with Crippen molar-refractivity contribution in [3.8, 4) is 22.9 Å². The highest BCUT2D eigenvalue weighted by atomic mass is 35.5. The van der Waals surface area contributed by atoms with Crippen LogP contribution in [0.25, 0.3) is 22.2 Å². The Morgan fingerprint density at radius 2 is 1.83 bits per heavy atom. The van der Waals surface area contributed by atoms with E-state index in [1.807, 2.05) is 24.3 Å². The predicted molar refractivity (Wildman–Crippen MR) is 137 cm³/mol. The summed E-state index contributed by atoms with van der Waals surface area (Å²) in [4.78, 5) is 6.69. The Kier molecular flexibility index (Phi) is 7.94. The molecule has 4 rings (SSSR count). The molecule has 7 nitrogen and oxygen atoms in total. The molecule has 0 aliphatic heterocycles. The van der Waals surface area contributed by atoms with Crippen LogP contribution >= 0.6 is 11.6 Å². The van der Waals surface area contributed by atoms with Crippen molar-refractivity contribution >= 4 is 33.9 Å². The van der Waals surface area contributed by atoms with Crippen molar-refractivity contribution in [1.29, 1.82) is 0 Å². The van der Waals surface area contributed by atoms with Crippen molar-refractivity contribution in [2.24, 2.45) is 0 Å². The van der Waals surface area contributed by atoms with Crippen LogP contribution in [0.5, 0.6) is 11.6 Å². The molecule has 35 heavy (non-hydrogen) atoms. The zero-order chi connectivity index (χ0) is 24.8. The van der Waals surface area contributed by atoms with Crippen LogP contribution in [0.4, 0.5) is 15.8 Å². The van der Waals surface area contributed by atoms with Gasteiger partial charge in [0.15, 0.2) is 0 Å². The number of hydrogen-bond acceptors (Lipinski definition) is 7. The average molecular weight is 496 g/mol. The van der Waals surface area contributed by atoms with Gasteiger partial charge in [-0.25, -0.2) is 4.39 Å². The molecular formula is C26H27ClFN5O2. The monoisotopic (exact) mass is 495 g/mol. The molecule has 0 radical (unpaired) electrons. The molecule has 9 heteroatoms. The first kappa shape index (κ1) is 24.6. The summed E-state index contributed by atoms with van der Waals surface area (Å²) >= 11 is 6.11. The Labute approximate surface area is 208 Å². The molecule has 0 fully saturated rings. The topological polar surface area (TPSA) is 72.4 Å². The standard InChI is InChI=1S/C26H27ClFN5O2/c1-4-33(5-2)12-13-35-26-25(16-24(31-32-26)20-14-17(27)6-9-21(20)28)30-22-10-11-29-23-15-18(34-3)7-8-19(22)23/h6-11,14-16H,4-5,12-13H2,1-3H3,(H,29,30,31). The summed E-state index contributed by atoms with van der Waals surface area (Å²) in [5, 5.41) is 13.2. The highest BCUT2D eigenvalue weighted by molar-refractivity contribution is 6.30. The second-order valence-electron chi connectivity index (χ2n) is 7.81. The van der Waals surface area contributed by atoms with Crippen molar-refractivity contribution in [3.63, 3.8) is 0 Å². The van der Waals surface area contributed by atoms with Gasteiger partial charge in [0.05, 0.1) is 18.3 Å².